The van der Waals surface area contributed by atoms with Crippen LogP contribution in [-0.4, -0.2) is 25.5 Å². The monoisotopic (exact) mass is 452 g/mol. The predicted molar refractivity (Wildman–Crippen MR) is 133 cm³/mol. The summed E-state index contributed by atoms with van der Waals surface area (Å²) in [5.74, 6) is -0.242. The zero-order chi connectivity index (χ0) is 24.1. The Balaban J connectivity index is 1.97. The van der Waals surface area contributed by atoms with E-state index in [1.165, 1.54) is 0 Å². The second-order valence-corrected chi connectivity index (χ2v) is 8.76. The molecule has 5 N–H and O–H groups in total. The van der Waals surface area contributed by atoms with Crippen LogP contribution in [0.1, 0.15) is 33.7 Å². The summed E-state index contributed by atoms with van der Waals surface area (Å²) in [4.78, 5) is 0. The van der Waals surface area contributed by atoms with Gasteiger partial charge in [0.1, 0.15) is 28.7 Å². The lowest BCUT2D eigenvalue weighted by atomic mass is 9.79. The fraction of sp³-hybridized carbons (Fsp3) is 0.103. The molecule has 5 nitrogen and oxygen atoms in total. The minimum atomic E-state index is -0.594. The van der Waals surface area contributed by atoms with Gasteiger partial charge >= 0.3 is 0 Å². The van der Waals surface area contributed by atoms with Gasteiger partial charge in [0, 0.05) is 16.7 Å². The Hall–Kier alpha value is -4.38. The van der Waals surface area contributed by atoms with Crippen LogP contribution in [0.2, 0.25) is 0 Å². The minimum absolute atomic E-state index is 0.0269. The fourth-order valence-electron chi connectivity index (χ4n) is 4.99. The molecule has 5 heteroatoms. The van der Waals surface area contributed by atoms with Gasteiger partial charge in [-0.25, -0.2) is 0 Å². The molecule has 0 saturated heterocycles. The number of phenolic OH excluding ortho intramolecular Hbond substituents is 5. The number of aryl methyl sites for hydroxylation is 2. The molecule has 0 saturated carbocycles. The van der Waals surface area contributed by atoms with Crippen LogP contribution in [0.15, 0.2) is 72.8 Å². The van der Waals surface area contributed by atoms with E-state index in [1.807, 2.05) is 12.1 Å². The van der Waals surface area contributed by atoms with Crippen LogP contribution in [-0.2, 0) is 0 Å². The Labute approximate surface area is 196 Å². The Bertz CT molecular complexity index is 1470. The molecule has 0 aromatic heterocycles. The number of hydrogen-bond donors (Lipinski definition) is 5. The molecule has 5 rings (SSSR count). The van der Waals surface area contributed by atoms with Gasteiger partial charge in [-0.3, -0.25) is 0 Å². The molecule has 0 radical (unpaired) electrons. The van der Waals surface area contributed by atoms with Crippen LogP contribution in [0.5, 0.6) is 28.7 Å². The maximum absolute atomic E-state index is 10.8. The first-order chi connectivity index (χ1) is 16.2. The third-order valence-electron chi connectivity index (χ3n) is 6.41. The first kappa shape index (κ1) is 21.5. The van der Waals surface area contributed by atoms with E-state index in [1.54, 1.807) is 74.5 Å². The Kier molecular flexibility index (Phi) is 4.98. The zero-order valence-electron chi connectivity index (χ0n) is 18.7. The lowest BCUT2D eigenvalue weighted by molar-refractivity contribution is 0.466. The van der Waals surface area contributed by atoms with E-state index in [4.69, 9.17) is 0 Å². The predicted octanol–water partition coefficient (Wildman–Crippen LogP) is 6.32. The molecule has 0 atom stereocenters. The average Bonchev–Trinajstić information content (AvgIpc) is 2.77. The van der Waals surface area contributed by atoms with Crippen molar-refractivity contribution in [3.63, 3.8) is 0 Å². The molecule has 34 heavy (non-hydrogen) atoms. The topological polar surface area (TPSA) is 101 Å². The van der Waals surface area contributed by atoms with E-state index >= 15 is 0 Å². The standard InChI is InChI=1S/C29H24O5/c1-15-9-19(10-16(2)29(15)34)26(22-13-20(30)11-17-5-3-7-24(32)27(17)22)23-14-21(31)12-18-6-4-8-25(33)28(18)23/h3-14,26,30-34H,1-2H3. The number of benzene rings is 5. The lowest BCUT2D eigenvalue weighted by Gasteiger charge is -2.25. The summed E-state index contributed by atoms with van der Waals surface area (Å²) in [7, 11) is 0. The molecule has 0 bridgehead atoms. The third kappa shape index (κ3) is 3.42. The molecule has 0 amide bonds. The van der Waals surface area contributed by atoms with Crippen LogP contribution in [0, 0.1) is 13.8 Å². The van der Waals surface area contributed by atoms with Crippen molar-refractivity contribution in [3.8, 4) is 28.7 Å². The average molecular weight is 453 g/mol. The Morgan fingerprint density at radius 3 is 1.44 bits per heavy atom. The first-order valence-corrected chi connectivity index (χ1v) is 10.9. The molecule has 0 aliphatic heterocycles. The van der Waals surface area contributed by atoms with Gasteiger partial charge in [0.25, 0.3) is 0 Å². The Morgan fingerprint density at radius 2 is 1.00 bits per heavy atom. The van der Waals surface area contributed by atoms with E-state index < -0.39 is 5.92 Å². The quantitative estimate of drug-likeness (QED) is 0.206. The van der Waals surface area contributed by atoms with Crippen LogP contribution in [0.25, 0.3) is 21.5 Å². The van der Waals surface area contributed by atoms with Gasteiger partial charge in [0.2, 0.25) is 0 Å². The normalized spacial score (nSPS) is 11.5. The number of aromatic hydroxyl groups is 5. The summed E-state index contributed by atoms with van der Waals surface area (Å²) in [5.41, 5.74) is 3.32. The van der Waals surface area contributed by atoms with Crippen LogP contribution < -0.4 is 0 Å². The molecule has 5 aromatic rings. The summed E-state index contributed by atoms with van der Waals surface area (Å²) in [5, 5.41) is 55.7. The van der Waals surface area contributed by atoms with Gasteiger partial charge in [-0.05, 0) is 88.8 Å². The van der Waals surface area contributed by atoms with E-state index in [9.17, 15) is 25.5 Å². The highest BCUT2D eigenvalue weighted by molar-refractivity contribution is 5.97. The zero-order valence-corrected chi connectivity index (χ0v) is 18.7. The largest absolute Gasteiger partial charge is 0.508 e. The fourth-order valence-corrected chi connectivity index (χ4v) is 4.99. The molecule has 0 unspecified atom stereocenters. The molecule has 0 heterocycles. The summed E-state index contributed by atoms with van der Waals surface area (Å²) < 4.78 is 0. The maximum atomic E-state index is 10.8. The van der Waals surface area contributed by atoms with Gasteiger partial charge in [-0.15, -0.1) is 0 Å². The van der Waals surface area contributed by atoms with Crippen LogP contribution in [0.4, 0.5) is 0 Å². The van der Waals surface area contributed by atoms with Crippen LogP contribution >= 0.6 is 0 Å². The summed E-state index contributed by atoms with van der Waals surface area (Å²) in [6.45, 7) is 3.61. The smallest absolute Gasteiger partial charge is 0.123 e. The number of hydrogen-bond acceptors (Lipinski definition) is 5. The number of phenols is 5. The molecule has 170 valence electrons. The summed E-state index contributed by atoms with van der Waals surface area (Å²) in [6.07, 6.45) is 0. The summed E-state index contributed by atoms with van der Waals surface area (Å²) in [6, 6.07) is 20.3. The van der Waals surface area contributed by atoms with Gasteiger partial charge in [0.15, 0.2) is 0 Å². The van der Waals surface area contributed by atoms with E-state index in [0.29, 0.717) is 43.8 Å². The van der Waals surface area contributed by atoms with E-state index in [-0.39, 0.29) is 28.7 Å². The van der Waals surface area contributed by atoms with Gasteiger partial charge in [-0.1, -0.05) is 36.4 Å². The summed E-state index contributed by atoms with van der Waals surface area (Å²) >= 11 is 0. The lowest BCUT2D eigenvalue weighted by Crippen LogP contribution is -2.07. The highest BCUT2D eigenvalue weighted by atomic mass is 16.3. The second kappa shape index (κ2) is 7.89. The van der Waals surface area contributed by atoms with Gasteiger partial charge in [-0.2, -0.15) is 0 Å². The molecule has 0 aliphatic rings. The third-order valence-corrected chi connectivity index (χ3v) is 6.41. The molecule has 0 fully saturated rings. The molecular weight excluding hydrogens is 428 g/mol. The van der Waals surface area contributed by atoms with Crippen molar-refractivity contribution in [3.05, 3.63) is 101 Å². The Morgan fingerprint density at radius 1 is 0.559 bits per heavy atom. The molecule has 5 aromatic carbocycles. The van der Waals surface area contributed by atoms with Crippen LogP contribution in [0.3, 0.4) is 0 Å². The minimum Gasteiger partial charge on any atom is -0.508 e. The first-order valence-electron chi connectivity index (χ1n) is 10.9. The van der Waals surface area contributed by atoms with E-state index in [0.717, 1.165) is 5.56 Å². The van der Waals surface area contributed by atoms with Crippen molar-refractivity contribution in [1.29, 1.82) is 0 Å². The molecule has 0 spiro atoms. The molecule has 0 aliphatic carbocycles. The van der Waals surface area contributed by atoms with Gasteiger partial charge < -0.3 is 25.5 Å². The van der Waals surface area contributed by atoms with Crippen molar-refractivity contribution >= 4 is 21.5 Å². The highest BCUT2D eigenvalue weighted by Gasteiger charge is 2.26. The number of fused-ring (bicyclic) bond motifs is 2. The highest BCUT2D eigenvalue weighted by Crippen LogP contribution is 2.46. The number of rotatable bonds is 3. The van der Waals surface area contributed by atoms with Gasteiger partial charge in [0.05, 0.1) is 0 Å². The SMILES string of the molecule is Cc1cc(C(c2cc(O)cc3cccc(O)c23)c2cc(O)cc3cccc(O)c23)cc(C)c1O. The van der Waals surface area contributed by atoms with Crippen molar-refractivity contribution in [2.75, 3.05) is 0 Å². The van der Waals surface area contributed by atoms with Crippen molar-refractivity contribution in [1.82, 2.24) is 0 Å². The molecular formula is C29H24O5. The second-order valence-electron chi connectivity index (χ2n) is 8.76. The maximum Gasteiger partial charge on any atom is 0.123 e. The van der Waals surface area contributed by atoms with E-state index in [2.05, 4.69) is 0 Å². The van der Waals surface area contributed by atoms with Crippen molar-refractivity contribution in [2.45, 2.75) is 19.8 Å². The van der Waals surface area contributed by atoms with Crippen molar-refractivity contribution < 1.29 is 25.5 Å². The van der Waals surface area contributed by atoms with Crippen molar-refractivity contribution in [2.24, 2.45) is 0 Å².